The van der Waals surface area contributed by atoms with Gasteiger partial charge in [-0.05, 0) is 51.5 Å². The van der Waals surface area contributed by atoms with Crippen LogP contribution in [0.1, 0.15) is 44.9 Å². The van der Waals surface area contributed by atoms with Crippen LogP contribution in [0, 0.1) is 0 Å². The molecule has 0 unspecified atom stereocenters. The molecule has 10 nitrogen and oxygen atoms in total. The molecule has 2 saturated heterocycles. The highest BCUT2D eigenvalue weighted by atomic mass is 16.6. The van der Waals surface area contributed by atoms with Gasteiger partial charge in [0, 0.05) is 62.0 Å². The number of nitrogens with zero attached hydrogens (tertiary/aromatic N) is 5. The third-order valence-corrected chi connectivity index (χ3v) is 8.24. The molecule has 2 fully saturated rings. The van der Waals surface area contributed by atoms with Gasteiger partial charge in [0.2, 0.25) is 0 Å². The first-order valence-electron chi connectivity index (χ1n) is 15.1. The maximum atomic E-state index is 12.8. The summed E-state index contributed by atoms with van der Waals surface area (Å²) < 4.78 is 17.6. The Labute approximate surface area is 247 Å². The molecular weight excluding hydrogens is 532 g/mol. The fourth-order valence-corrected chi connectivity index (χ4v) is 6.18. The van der Waals surface area contributed by atoms with Crippen molar-refractivity contribution in [3.8, 4) is 11.8 Å². The van der Waals surface area contributed by atoms with Gasteiger partial charge < -0.3 is 34.2 Å². The maximum absolute atomic E-state index is 12.8. The average molecular weight is 575 g/mol. The van der Waals surface area contributed by atoms with Gasteiger partial charge in [0.05, 0.1) is 25.4 Å². The summed E-state index contributed by atoms with van der Waals surface area (Å²) in [6.07, 6.45) is 2.34. The number of methoxy groups -OCH3 is 1. The molecule has 1 amide bonds. The quantitative estimate of drug-likeness (QED) is 0.460. The first kappa shape index (κ1) is 28.3. The van der Waals surface area contributed by atoms with Crippen molar-refractivity contribution in [2.45, 2.75) is 58.2 Å². The standard InChI is InChI=1S/C32H42N6O4/c1-32(2,3)42-31(39)38-14-7-9-23(38)21-41-30-34-27-20-37(15-11-26(27)29(35-30)36-16-12-33-13-17-36)28-19-24(40-4)18-22-8-5-6-10-25(22)28/h5-6,8,10,18-19,23,33H,7,9,11-17,20-21H2,1-4H3/t23-/m0/s1. The Balaban J connectivity index is 1.28. The van der Waals surface area contributed by atoms with E-state index in [1.54, 1.807) is 12.0 Å². The topological polar surface area (TPSA) is 92.3 Å². The zero-order valence-electron chi connectivity index (χ0n) is 25.2. The van der Waals surface area contributed by atoms with E-state index in [1.165, 1.54) is 10.9 Å². The Morgan fingerprint density at radius 1 is 1.05 bits per heavy atom. The number of hydrogen-bond acceptors (Lipinski definition) is 9. The summed E-state index contributed by atoms with van der Waals surface area (Å²) in [6.45, 7) is 11.8. The van der Waals surface area contributed by atoms with E-state index in [9.17, 15) is 4.79 Å². The second-order valence-corrected chi connectivity index (χ2v) is 12.3. The van der Waals surface area contributed by atoms with Crippen LogP contribution >= 0.6 is 0 Å². The number of rotatable bonds is 6. The van der Waals surface area contributed by atoms with Crippen molar-refractivity contribution in [2.75, 3.05) is 62.8 Å². The molecule has 2 aromatic carbocycles. The van der Waals surface area contributed by atoms with E-state index in [-0.39, 0.29) is 12.1 Å². The summed E-state index contributed by atoms with van der Waals surface area (Å²) in [5.74, 6) is 1.82. The molecule has 6 rings (SSSR count). The SMILES string of the molecule is COc1cc(N2CCc3c(nc(OC[C@@H]4CCCN4C(=O)OC(C)(C)C)nc3N3CCNCC3)C2)c2ccccc2c1. The monoisotopic (exact) mass is 574 g/mol. The molecule has 0 bridgehead atoms. The van der Waals surface area contributed by atoms with Crippen LogP contribution in [0.4, 0.5) is 16.3 Å². The van der Waals surface area contributed by atoms with E-state index in [2.05, 4.69) is 51.5 Å². The number of carbonyl (C=O) groups is 1. The summed E-state index contributed by atoms with van der Waals surface area (Å²) in [5.41, 5.74) is 2.79. The van der Waals surface area contributed by atoms with Crippen LogP contribution in [-0.4, -0.2) is 85.6 Å². The number of ether oxygens (including phenoxy) is 3. The molecule has 1 atom stereocenters. The summed E-state index contributed by atoms with van der Waals surface area (Å²) in [4.78, 5) is 29.3. The molecule has 3 aliphatic heterocycles. The number of benzene rings is 2. The molecule has 10 heteroatoms. The highest BCUT2D eigenvalue weighted by Gasteiger charge is 2.33. The van der Waals surface area contributed by atoms with Crippen molar-refractivity contribution in [1.29, 1.82) is 0 Å². The van der Waals surface area contributed by atoms with Crippen LogP contribution in [0.15, 0.2) is 36.4 Å². The van der Waals surface area contributed by atoms with Crippen LogP contribution in [-0.2, 0) is 17.7 Å². The van der Waals surface area contributed by atoms with E-state index in [0.717, 1.165) is 80.3 Å². The second-order valence-electron chi connectivity index (χ2n) is 12.3. The predicted molar refractivity (Wildman–Crippen MR) is 164 cm³/mol. The van der Waals surface area contributed by atoms with Crippen LogP contribution in [0.25, 0.3) is 10.8 Å². The van der Waals surface area contributed by atoms with Gasteiger partial charge in [-0.2, -0.15) is 9.97 Å². The number of carbonyl (C=O) groups excluding carboxylic acids is 1. The third kappa shape index (κ3) is 6.04. The Hall–Kier alpha value is -3.79. The minimum Gasteiger partial charge on any atom is -0.497 e. The maximum Gasteiger partial charge on any atom is 0.410 e. The zero-order valence-corrected chi connectivity index (χ0v) is 25.2. The fourth-order valence-electron chi connectivity index (χ4n) is 6.18. The Morgan fingerprint density at radius 2 is 1.86 bits per heavy atom. The van der Waals surface area contributed by atoms with E-state index >= 15 is 0 Å². The van der Waals surface area contributed by atoms with Crippen molar-refractivity contribution < 1.29 is 19.0 Å². The zero-order chi connectivity index (χ0) is 29.3. The van der Waals surface area contributed by atoms with Gasteiger partial charge in [0.25, 0.3) is 0 Å². The molecule has 0 spiro atoms. The Kier molecular flexibility index (Phi) is 7.98. The lowest BCUT2D eigenvalue weighted by atomic mass is 10.0. The van der Waals surface area contributed by atoms with Crippen LogP contribution < -0.4 is 24.6 Å². The van der Waals surface area contributed by atoms with Crippen molar-refractivity contribution >= 4 is 28.4 Å². The van der Waals surface area contributed by atoms with Crippen LogP contribution in [0.5, 0.6) is 11.8 Å². The highest BCUT2D eigenvalue weighted by molar-refractivity contribution is 5.95. The molecule has 0 radical (unpaired) electrons. The molecule has 0 saturated carbocycles. The second kappa shape index (κ2) is 11.8. The number of anilines is 2. The van der Waals surface area contributed by atoms with Gasteiger partial charge in [-0.3, -0.25) is 0 Å². The van der Waals surface area contributed by atoms with Crippen molar-refractivity contribution in [3.05, 3.63) is 47.7 Å². The smallest absolute Gasteiger partial charge is 0.410 e. The summed E-state index contributed by atoms with van der Waals surface area (Å²) in [5, 5.41) is 5.79. The van der Waals surface area contributed by atoms with E-state index in [4.69, 9.17) is 24.2 Å². The predicted octanol–water partition coefficient (Wildman–Crippen LogP) is 4.39. The average Bonchev–Trinajstić information content (AvgIpc) is 3.47. The lowest BCUT2D eigenvalue weighted by Crippen LogP contribution is -2.45. The van der Waals surface area contributed by atoms with Crippen LogP contribution in [0.3, 0.4) is 0 Å². The Morgan fingerprint density at radius 3 is 2.64 bits per heavy atom. The molecule has 42 heavy (non-hydrogen) atoms. The first-order valence-corrected chi connectivity index (χ1v) is 15.1. The fraction of sp³-hybridized carbons (Fsp3) is 0.531. The number of fused-ring (bicyclic) bond motifs is 2. The van der Waals surface area contributed by atoms with Crippen LogP contribution in [0.2, 0.25) is 0 Å². The lowest BCUT2D eigenvalue weighted by molar-refractivity contribution is 0.0183. The summed E-state index contributed by atoms with van der Waals surface area (Å²) in [7, 11) is 1.71. The lowest BCUT2D eigenvalue weighted by Gasteiger charge is -2.35. The number of likely N-dealkylation sites (tertiary alicyclic amines) is 1. The van der Waals surface area contributed by atoms with Crippen molar-refractivity contribution in [2.24, 2.45) is 0 Å². The number of piperazine rings is 1. The van der Waals surface area contributed by atoms with E-state index < -0.39 is 5.60 Å². The summed E-state index contributed by atoms with van der Waals surface area (Å²) >= 11 is 0. The minimum absolute atomic E-state index is 0.0678. The third-order valence-electron chi connectivity index (χ3n) is 8.24. The van der Waals surface area contributed by atoms with Crippen molar-refractivity contribution in [3.63, 3.8) is 0 Å². The molecule has 3 aliphatic rings. The molecule has 3 aromatic rings. The summed E-state index contributed by atoms with van der Waals surface area (Å²) in [6, 6.07) is 12.9. The molecule has 4 heterocycles. The van der Waals surface area contributed by atoms with E-state index in [1.807, 2.05) is 20.8 Å². The number of hydrogen-bond donors (Lipinski definition) is 1. The van der Waals surface area contributed by atoms with Gasteiger partial charge in [-0.25, -0.2) is 4.79 Å². The largest absolute Gasteiger partial charge is 0.497 e. The molecule has 0 aliphatic carbocycles. The van der Waals surface area contributed by atoms with Gasteiger partial charge in [0.15, 0.2) is 0 Å². The van der Waals surface area contributed by atoms with Gasteiger partial charge in [-0.15, -0.1) is 0 Å². The molecule has 1 N–H and O–H groups in total. The van der Waals surface area contributed by atoms with Gasteiger partial charge >= 0.3 is 12.1 Å². The minimum atomic E-state index is -0.537. The highest BCUT2D eigenvalue weighted by Crippen LogP contribution is 2.36. The molecule has 224 valence electrons. The number of amides is 1. The van der Waals surface area contributed by atoms with Gasteiger partial charge in [-0.1, -0.05) is 24.3 Å². The first-order chi connectivity index (χ1) is 20.3. The van der Waals surface area contributed by atoms with Crippen molar-refractivity contribution in [1.82, 2.24) is 20.2 Å². The molecule has 1 aromatic heterocycles. The normalized spacial score (nSPS) is 19.1. The number of nitrogens with one attached hydrogen (secondary N) is 1. The van der Waals surface area contributed by atoms with E-state index in [0.29, 0.717) is 25.7 Å². The molecular formula is C32H42N6O4. The van der Waals surface area contributed by atoms with Gasteiger partial charge in [0.1, 0.15) is 23.8 Å². The number of aromatic nitrogens is 2. The Bertz CT molecular complexity index is 1430.